The van der Waals surface area contributed by atoms with Crippen LogP contribution in [0.3, 0.4) is 0 Å². The smallest absolute Gasteiger partial charge is 0.227 e. The van der Waals surface area contributed by atoms with Gasteiger partial charge in [-0.2, -0.15) is 0 Å². The monoisotopic (exact) mass is 342 g/mol. The van der Waals surface area contributed by atoms with Crippen molar-refractivity contribution in [1.82, 2.24) is 4.90 Å². The van der Waals surface area contributed by atoms with Crippen molar-refractivity contribution in [3.05, 3.63) is 29.3 Å². The summed E-state index contributed by atoms with van der Waals surface area (Å²) in [4.78, 5) is 27.3. The molecule has 0 spiro atoms. The van der Waals surface area contributed by atoms with Crippen LogP contribution in [0, 0.1) is 25.7 Å². The van der Waals surface area contributed by atoms with Crippen LogP contribution >= 0.6 is 0 Å². The van der Waals surface area contributed by atoms with Gasteiger partial charge in [-0.3, -0.25) is 9.59 Å². The lowest BCUT2D eigenvalue weighted by Gasteiger charge is -2.33. The third-order valence-electron chi connectivity index (χ3n) is 5.84. The number of rotatable bonds is 3. The Morgan fingerprint density at radius 1 is 0.920 bits per heavy atom. The molecule has 0 bridgehead atoms. The minimum atomic E-state index is 0.0319. The molecule has 1 aromatic carbocycles. The third-order valence-corrected chi connectivity index (χ3v) is 5.84. The fourth-order valence-corrected chi connectivity index (χ4v) is 4.21. The molecule has 1 aliphatic carbocycles. The molecule has 2 fully saturated rings. The summed E-state index contributed by atoms with van der Waals surface area (Å²) < 4.78 is 0. The van der Waals surface area contributed by atoms with Crippen LogP contribution in [0.4, 0.5) is 5.69 Å². The Balaban J connectivity index is 1.53. The zero-order valence-electron chi connectivity index (χ0n) is 15.5. The van der Waals surface area contributed by atoms with E-state index in [1.54, 1.807) is 0 Å². The Morgan fingerprint density at radius 3 is 2.08 bits per heavy atom. The number of nitrogens with one attached hydrogen (secondary N) is 1. The highest BCUT2D eigenvalue weighted by Crippen LogP contribution is 2.32. The number of amides is 2. The van der Waals surface area contributed by atoms with E-state index >= 15 is 0 Å². The molecule has 4 nitrogen and oxygen atoms in total. The largest absolute Gasteiger partial charge is 0.342 e. The highest BCUT2D eigenvalue weighted by molar-refractivity contribution is 5.94. The molecular formula is C21H30N2O2. The molecule has 0 aromatic heterocycles. The number of piperidine rings is 1. The fraction of sp³-hybridized carbons (Fsp3) is 0.619. The first-order chi connectivity index (χ1) is 12.1. The molecule has 4 heteroatoms. The maximum Gasteiger partial charge on any atom is 0.227 e. The first-order valence-electron chi connectivity index (χ1n) is 9.72. The molecule has 1 N–H and O–H groups in total. The lowest BCUT2D eigenvalue weighted by atomic mass is 9.80. The third kappa shape index (κ3) is 4.23. The van der Waals surface area contributed by atoms with Crippen LogP contribution < -0.4 is 5.32 Å². The molecule has 3 rings (SSSR count). The van der Waals surface area contributed by atoms with Crippen molar-refractivity contribution in [2.24, 2.45) is 11.8 Å². The van der Waals surface area contributed by atoms with E-state index < -0.39 is 0 Å². The predicted molar refractivity (Wildman–Crippen MR) is 100 cm³/mol. The van der Waals surface area contributed by atoms with Gasteiger partial charge in [0.05, 0.1) is 0 Å². The van der Waals surface area contributed by atoms with E-state index in [9.17, 15) is 9.59 Å². The minimum Gasteiger partial charge on any atom is -0.342 e. The van der Waals surface area contributed by atoms with Gasteiger partial charge in [-0.05, 0) is 69.9 Å². The lowest BCUT2D eigenvalue weighted by molar-refractivity contribution is -0.138. The van der Waals surface area contributed by atoms with Crippen molar-refractivity contribution < 1.29 is 9.59 Å². The number of hydrogen-bond acceptors (Lipinski definition) is 2. The second-order valence-electron chi connectivity index (χ2n) is 7.69. The Morgan fingerprint density at radius 2 is 1.48 bits per heavy atom. The van der Waals surface area contributed by atoms with Crippen LogP contribution in [0.1, 0.15) is 56.1 Å². The molecular weight excluding hydrogens is 312 g/mol. The van der Waals surface area contributed by atoms with E-state index in [4.69, 9.17) is 0 Å². The van der Waals surface area contributed by atoms with E-state index in [0.717, 1.165) is 68.4 Å². The first-order valence-corrected chi connectivity index (χ1v) is 9.72. The van der Waals surface area contributed by atoms with Gasteiger partial charge in [0.25, 0.3) is 0 Å². The summed E-state index contributed by atoms with van der Waals surface area (Å²) in [5, 5.41) is 3.12. The van der Waals surface area contributed by atoms with Gasteiger partial charge in [0.1, 0.15) is 0 Å². The van der Waals surface area contributed by atoms with Crippen LogP contribution in [0.15, 0.2) is 18.2 Å². The van der Waals surface area contributed by atoms with Crippen LogP contribution in [-0.2, 0) is 9.59 Å². The second kappa shape index (κ2) is 8.03. The van der Waals surface area contributed by atoms with Crippen molar-refractivity contribution in [2.75, 3.05) is 18.4 Å². The molecule has 1 saturated heterocycles. The second-order valence-corrected chi connectivity index (χ2v) is 7.69. The molecule has 136 valence electrons. The van der Waals surface area contributed by atoms with Gasteiger partial charge < -0.3 is 10.2 Å². The average Bonchev–Trinajstić information content (AvgIpc) is 2.65. The number of carbonyl (C=O) groups excluding carboxylic acids is 2. The Bertz CT molecular complexity index is 607. The average molecular weight is 342 g/mol. The van der Waals surface area contributed by atoms with Crippen molar-refractivity contribution in [1.29, 1.82) is 0 Å². The molecule has 25 heavy (non-hydrogen) atoms. The molecule has 0 radical (unpaired) electrons. The van der Waals surface area contributed by atoms with E-state index in [-0.39, 0.29) is 17.7 Å². The summed E-state index contributed by atoms with van der Waals surface area (Å²) >= 11 is 0. The minimum absolute atomic E-state index is 0.0319. The number of nitrogens with zero attached hydrogens (tertiary/aromatic N) is 1. The molecule has 1 aliphatic heterocycles. The van der Waals surface area contributed by atoms with E-state index in [2.05, 4.69) is 5.32 Å². The molecule has 1 saturated carbocycles. The Hall–Kier alpha value is -1.84. The Labute approximate surface area is 151 Å². The van der Waals surface area contributed by atoms with Crippen LogP contribution in [-0.4, -0.2) is 29.8 Å². The van der Waals surface area contributed by atoms with Gasteiger partial charge in [-0.1, -0.05) is 18.2 Å². The van der Waals surface area contributed by atoms with E-state index in [0.29, 0.717) is 5.91 Å². The van der Waals surface area contributed by atoms with Crippen molar-refractivity contribution in [3.8, 4) is 0 Å². The fourth-order valence-electron chi connectivity index (χ4n) is 4.21. The highest BCUT2D eigenvalue weighted by Gasteiger charge is 2.32. The van der Waals surface area contributed by atoms with Gasteiger partial charge >= 0.3 is 0 Å². The van der Waals surface area contributed by atoms with Crippen molar-refractivity contribution in [2.45, 2.75) is 58.8 Å². The summed E-state index contributed by atoms with van der Waals surface area (Å²) in [7, 11) is 0. The highest BCUT2D eigenvalue weighted by atomic mass is 16.2. The van der Waals surface area contributed by atoms with Crippen LogP contribution in [0.25, 0.3) is 0 Å². The number of carbonyl (C=O) groups is 2. The maximum absolute atomic E-state index is 12.6. The van der Waals surface area contributed by atoms with E-state index in [1.807, 2.05) is 36.9 Å². The summed E-state index contributed by atoms with van der Waals surface area (Å²) in [6.45, 7) is 5.89. The standard InChI is InChI=1S/C21H30N2O2/c1-15-7-6-8-16(2)19(15)22-20(24)17-9-11-18(12-10-17)21(25)23-13-4-3-5-14-23/h6-8,17-18H,3-5,9-14H2,1-2H3,(H,22,24). The molecule has 2 aliphatic rings. The molecule has 1 heterocycles. The van der Waals surface area contributed by atoms with Gasteiger partial charge in [-0.25, -0.2) is 0 Å². The zero-order valence-corrected chi connectivity index (χ0v) is 15.5. The lowest BCUT2D eigenvalue weighted by Crippen LogP contribution is -2.41. The van der Waals surface area contributed by atoms with Crippen LogP contribution in [0.2, 0.25) is 0 Å². The van der Waals surface area contributed by atoms with Crippen molar-refractivity contribution in [3.63, 3.8) is 0 Å². The Kier molecular flexibility index (Phi) is 5.77. The van der Waals surface area contributed by atoms with E-state index in [1.165, 1.54) is 6.42 Å². The molecule has 0 unspecified atom stereocenters. The number of para-hydroxylation sites is 1. The zero-order chi connectivity index (χ0) is 17.8. The number of hydrogen-bond donors (Lipinski definition) is 1. The molecule has 0 atom stereocenters. The van der Waals surface area contributed by atoms with Gasteiger partial charge in [0.15, 0.2) is 0 Å². The number of likely N-dealkylation sites (tertiary alicyclic amines) is 1. The van der Waals surface area contributed by atoms with Gasteiger partial charge in [0, 0.05) is 30.6 Å². The summed E-state index contributed by atoms with van der Waals surface area (Å²) in [6.07, 6.45) is 6.86. The topological polar surface area (TPSA) is 49.4 Å². The summed E-state index contributed by atoms with van der Waals surface area (Å²) in [5.41, 5.74) is 3.14. The normalized spacial score (nSPS) is 24.0. The number of anilines is 1. The maximum atomic E-state index is 12.6. The predicted octanol–water partition coefficient (Wildman–Crippen LogP) is 4.06. The quantitative estimate of drug-likeness (QED) is 0.900. The van der Waals surface area contributed by atoms with Crippen LogP contribution in [0.5, 0.6) is 0 Å². The van der Waals surface area contributed by atoms with Gasteiger partial charge in [-0.15, -0.1) is 0 Å². The van der Waals surface area contributed by atoms with Gasteiger partial charge in [0.2, 0.25) is 11.8 Å². The summed E-state index contributed by atoms with van der Waals surface area (Å²) in [5.74, 6) is 0.598. The molecule has 2 amide bonds. The summed E-state index contributed by atoms with van der Waals surface area (Å²) in [6, 6.07) is 6.06. The first kappa shape index (κ1) is 18.0. The number of benzene rings is 1. The SMILES string of the molecule is Cc1cccc(C)c1NC(=O)C1CCC(C(=O)N2CCCCC2)CC1. The molecule has 1 aromatic rings. The number of aryl methyl sites for hydroxylation is 2. The van der Waals surface area contributed by atoms with Crippen molar-refractivity contribution >= 4 is 17.5 Å².